The molecule has 0 saturated carbocycles. The topological polar surface area (TPSA) is 92.2 Å². The minimum atomic E-state index is -0.177. The van der Waals surface area contributed by atoms with E-state index in [4.69, 9.17) is 14.4 Å². The number of aromatic nitrogens is 2. The number of para-hydroxylation sites is 2. The zero-order chi connectivity index (χ0) is 19.8. The van der Waals surface area contributed by atoms with Crippen LogP contribution in [0.2, 0.25) is 0 Å². The summed E-state index contributed by atoms with van der Waals surface area (Å²) >= 11 is 1.16. The van der Waals surface area contributed by atoms with Crippen molar-refractivity contribution in [1.29, 1.82) is 5.26 Å². The van der Waals surface area contributed by atoms with Crippen LogP contribution in [-0.2, 0) is 4.79 Å². The van der Waals surface area contributed by atoms with Crippen molar-refractivity contribution in [3.8, 4) is 23.3 Å². The Labute approximate surface area is 166 Å². The first-order valence-electron chi connectivity index (χ1n) is 8.55. The van der Waals surface area contributed by atoms with Gasteiger partial charge in [-0.15, -0.1) is 10.2 Å². The summed E-state index contributed by atoms with van der Waals surface area (Å²) < 4.78 is 11.0. The molecule has 3 rings (SSSR count). The number of hydrogen-bond acceptors (Lipinski definition) is 7. The van der Waals surface area contributed by atoms with Crippen molar-refractivity contribution in [2.45, 2.75) is 11.6 Å². The highest BCUT2D eigenvalue weighted by Crippen LogP contribution is 2.29. The van der Waals surface area contributed by atoms with Crippen molar-refractivity contribution in [1.82, 2.24) is 10.2 Å². The van der Waals surface area contributed by atoms with Gasteiger partial charge in [0.15, 0.2) is 0 Å². The van der Waals surface area contributed by atoms with Gasteiger partial charge in [-0.3, -0.25) is 4.79 Å². The first-order valence-corrected chi connectivity index (χ1v) is 9.53. The van der Waals surface area contributed by atoms with Crippen LogP contribution < -0.4 is 9.64 Å². The molecular weight excluding hydrogens is 376 g/mol. The highest BCUT2D eigenvalue weighted by molar-refractivity contribution is 7.99. The van der Waals surface area contributed by atoms with Gasteiger partial charge in [-0.2, -0.15) is 5.26 Å². The number of nitrogens with zero attached hydrogens (tertiary/aromatic N) is 4. The molecule has 0 aliphatic rings. The van der Waals surface area contributed by atoms with Crippen LogP contribution >= 0.6 is 11.8 Å². The molecule has 142 valence electrons. The van der Waals surface area contributed by atoms with Crippen molar-refractivity contribution in [3.63, 3.8) is 0 Å². The van der Waals surface area contributed by atoms with E-state index in [9.17, 15) is 4.79 Å². The average Bonchev–Trinajstić information content (AvgIpc) is 3.22. The van der Waals surface area contributed by atoms with Crippen molar-refractivity contribution >= 4 is 23.4 Å². The number of methoxy groups -OCH3 is 1. The summed E-state index contributed by atoms with van der Waals surface area (Å²) in [6.07, 6.45) is 0.215. The molecular formula is C20H18N4O3S. The van der Waals surface area contributed by atoms with E-state index in [1.54, 1.807) is 24.1 Å². The molecule has 0 spiro atoms. The maximum atomic E-state index is 12.8. The normalized spacial score (nSPS) is 10.3. The number of carbonyl (C=O) groups is 1. The van der Waals surface area contributed by atoms with E-state index in [0.29, 0.717) is 22.6 Å². The molecule has 0 aliphatic heterocycles. The minimum Gasteiger partial charge on any atom is -0.495 e. The van der Waals surface area contributed by atoms with Crippen molar-refractivity contribution < 1.29 is 13.9 Å². The predicted octanol–water partition coefficient (Wildman–Crippen LogP) is 3.78. The van der Waals surface area contributed by atoms with Crippen LogP contribution in [0.3, 0.4) is 0 Å². The Balaban J connectivity index is 1.71. The summed E-state index contributed by atoms with van der Waals surface area (Å²) in [7, 11) is 1.55. The van der Waals surface area contributed by atoms with E-state index in [1.165, 1.54) is 0 Å². The third-order valence-corrected chi connectivity index (χ3v) is 4.67. The fourth-order valence-corrected chi connectivity index (χ4v) is 3.20. The smallest absolute Gasteiger partial charge is 0.277 e. The van der Waals surface area contributed by atoms with Crippen LogP contribution in [-0.4, -0.2) is 35.5 Å². The summed E-state index contributed by atoms with van der Waals surface area (Å²) in [4.78, 5) is 14.4. The van der Waals surface area contributed by atoms with Gasteiger partial charge < -0.3 is 14.1 Å². The summed E-state index contributed by atoms with van der Waals surface area (Å²) in [6, 6.07) is 18.7. The van der Waals surface area contributed by atoms with Gasteiger partial charge >= 0.3 is 0 Å². The maximum absolute atomic E-state index is 12.8. The fourth-order valence-electron chi connectivity index (χ4n) is 2.56. The lowest BCUT2D eigenvalue weighted by Crippen LogP contribution is -2.33. The first-order chi connectivity index (χ1) is 13.7. The second kappa shape index (κ2) is 9.58. The third-order valence-electron chi connectivity index (χ3n) is 3.87. The van der Waals surface area contributed by atoms with Crippen molar-refractivity contribution in [3.05, 3.63) is 54.6 Å². The molecule has 2 aromatic carbocycles. The third kappa shape index (κ3) is 4.69. The Morgan fingerprint density at radius 3 is 2.68 bits per heavy atom. The van der Waals surface area contributed by atoms with Crippen LogP contribution in [0.5, 0.6) is 5.75 Å². The van der Waals surface area contributed by atoms with Gasteiger partial charge in [0.25, 0.3) is 5.22 Å². The molecule has 3 aromatic rings. The molecule has 0 saturated heterocycles. The minimum absolute atomic E-state index is 0.0971. The van der Waals surface area contributed by atoms with Gasteiger partial charge in [0, 0.05) is 12.1 Å². The number of nitriles is 1. The molecule has 1 heterocycles. The Hall–Kier alpha value is -3.31. The lowest BCUT2D eigenvalue weighted by atomic mass is 10.2. The Bertz CT molecular complexity index is 969. The second-order valence-corrected chi connectivity index (χ2v) is 6.58. The molecule has 0 radical (unpaired) electrons. The summed E-state index contributed by atoms with van der Waals surface area (Å²) in [5.41, 5.74) is 1.44. The standard InChI is InChI=1S/C20H18N4O3S/c1-26-17-11-6-5-10-16(17)24(13-7-12-21)18(25)14-28-20-23-22-19(27-20)15-8-3-2-4-9-15/h2-6,8-11H,7,13-14H2,1H3. The number of thioether (sulfide) groups is 1. The number of ether oxygens (including phenoxy) is 1. The molecule has 8 heteroatoms. The van der Waals surface area contributed by atoms with Crippen LogP contribution in [0.1, 0.15) is 6.42 Å². The molecule has 0 atom stereocenters. The predicted molar refractivity (Wildman–Crippen MR) is 106 cm³/mol. The van der Waals surface area contributed by atoms with Crippen molar-refractivity contribution in [2.24, 2.45) is 0 Å². The SMILES string of the molecule is COc1ccccc1N(CCC#N)C(=O)CSc1nnc(-c2ccccc2)o1. The molecule has 0 N–H and O–H groups in total. The van der Waals surface area contributed by atoms with Crippen LogP contribution in [0.15, 0.2) is 64.2 Å². The van der Waals surface area contributed by atoms with E-state index in [2.05, 4.69) is 16.3 Å². The molecule has 7 nitrogen and oxygen atoms in total. The molecule has 0 bridgehead atoms. The van der Waals surface area contributed by atoms with Crippen LogP contribution in [0.25, 0.3) is 11.5 Å². The summed E-state index contributed by atoms with van der Waals surface area (Å²) in [5.74, 6) is 0.897. The molecule has 28 heavy (non-hydrogen) atoms. The van der Waals surface area contributed by atoms with Gasteiger partial charge in [0.1, 0.15) is 5.75 Å². The number of amides is 1. The Kier molecular flexibility index (Phi) is 6.65. The zero-order valence-corrected chi connectivity index (χ0v) is 16.1. The number of benzene rings is 2. The second-order valence-electron chi connectivity index (χ2n) is 5.65. The molecule has 0 aliphatic carbocycles. The monoisotopic (exact) mass is 394 g/mol. The number of anilines is 1. The number of hydrogen-bond donors (Lipinski definition) is 0. The lowest BCUT2D eigenvalue weighted by molar-refractivity contribution is -0.116. The highest BCUT2D eigenvalue weighted by Gasteiger charge is 2.20. The van der Waals surface area contributed by atoms with Crippen LogP contribution in [0.4, 0.5) is 5.69 Å². The molecule has 0 unspecified atom stereocenters. The van der Waals surface area contributed by atoms with Gasteiger partial charge in [-0.05, 0) is 24.3 Å². The van der Waals surface area contributed by atoms with Gasteiger partial charge in [0.2, 0.25) is 11.8 Å². The number of rotatable bonds is 8. The lowest BCUT2D eigenvalue weighted by Gasteiger charge is -2.23. The fraction of sp³-hybridized carbons (Fsp3) is 0.200. The molecule has 1 aromatic heterocycles. The Morgan fingerprint density at radius 2 is 1.93 bits per heavy atom. The summed E-state index contributed by atoms with van der Waals surface area (Å²) in [6.45, 7) is 0.273. The quantitative estimate of drug-likeness (QED) is 0.537. The first kappa shape index (κ1) is 19.5. The highest BCUT2D eigenvalue weighted by atomic mass is 32.2. The van der Waals surface area contributed by atoms with E-state index in [-0.39, 0.29) is 24.6 Å². The van der Waals surface area contributed by atoms with Crippen LogP contribution in [0, 0.1) is 11.3 Å². The largest absolute Gasteiger partial charge is 0.495 e. The van der Waals surface area contributed by atoms with Gasteiger partial charge in [0.05, 0.1) is 31.0 Å². The zero-order valence-electron chi connectivity index (χ0n) is 15.2. The van der Waals surface area contributed by atoms with E-state index in [0.717, 1.165) is 17.3 Å². The summed E-state index contributed by atoms with van der Waals surface area (Å²) in [5, 5.41) is 17.3. The maximum Gasteiger partial charge on any atom is 0.277 e. The average molecular weight is 394 g/mol. The van der Waals surface area contributed by atoms with Gasteiger partial charge in [-0.1, -0.05) is 42.1 Å². The van der Waals surface area contributed by atoms with E-state index < -0.39 is 0 Å². The molecule has 0 fully saturated rings. The van der Waals surface area contributed by atoms with Crippen molar-refractivity contribution in [2.75, 3.05) is 24.3 Å². The van der Waals surface area contributed by atoms with E-state index in [1.807, 2.05) is 42.5 Å². The van der Waals surface area contributed by atoms with E-state index >= 15 is 0 Å². The molecule has 1 amide bonds. The number of carbonyl (C=O) groups excluding carboxylic acids is 1. The Morgan fingerprint density at radius 1 is 1.18 bits per heavy atom. The van der Waals surface area contributed by atoms with Gasteiger partial charge in [-0.25, -0.2) is 0 Å².